The van der Waals surface area contributed by atoms with Gasteiger partial charge >= 0.3 is 5.97 Å². The second-order valence-corrected chi connectivity index (χ2v) is 6.69. The van der Waals surface area contributed by atoms with E-state index in [2.05, 4.69) is 35.5 Å². The van der Waals surface area contributed by atoms with Crippen LogP contribution in [0.15, 0.2) is 5.16 Å². The molecule has 0 aromatic carbocycles. The fraction of sp³-hybridized carbons (Fsp3) is 0.800. The first-order valence-electron chi connectivity index (χ1n) is 7.81. The Kier molecular flexibility index (Phi) is 8.42. The summed E-state index contributed by atoms with van der Waals surface area (Å²) in [5, 5.41) is 18.0. The molecule has 120 valence electrons. The number of rotatable bonds is 11. The lowest BCUT2D eigenvalue weighted by atomic mass is 10.1. The number of hydrogen-bond acceptors (Lipinski definition) is 4. The van der Waals surface area contributed by atoms with Crippen molar-refractivity contribution in [3.05, 3.63) is 5.82 Å². The summed E-state index contributed by atoms with van der Waals surface area (Å²) in [6.07, 6.45) is 7.09. The molecular formula is C15H27N3O2S. The maximum Gasteiger partial charge on any atom is 0.313 e. The van der Waals surface area contributed by atoms with Crippen molar-refractivity contribution < 1.29 is 9.90 Å². The summed E-state index contributed by atoms with van der Waals surface area (Å²) in [6.45, 7) is 7.36. The summed E-state index contributed by atoms with van der Waals surface area (Å²) in [5.41, 5.74) is 0. The highest BCUT2D eigenvalue weighted by Crippen LogP contribution is 2.20. The zero-order valence-corrected chi connectivity index (χ0v) is 14.2. The number of hydrogen-bond donors (Lipinski definition) is 1. The van der Waals surface area contributed by atoms with Gasteiger partial charge in [0.1, 0.15) is 5.82 Å². The van der Waals surface area contributed by atoms with Gasteiger partial charge in [0.25, 0.3) is 0 Å². The smallest absolute Gasteiger partial charge is 0.313 e. The van der Waals surface area contributed by atoms with Crippen molar-refractivity contribution >= 4 is 17.7 Å². The number of carboxylic acids is 1. The summed E-state index contributed by atoms with van der Waals surface area (Å²) in [6, 6.07) is 0. The Labute approximate surface area is 131 Å². The van der Waals surface area contributed by atoms with E-state index in [0.29, 0.717) is 5.92 Å². The Morgan fingerprint density at radius 1 is 1.24 bits per heavy atom. The fourth-order valence-corrected chi connectivity index (χ4v) is 2.86. The average Bonchev–Trinajstić information content (AvgIpc) is 2.78. The highest BCUT2D eigenvalue weighted by molar-refractivity contribution is 7.99. The normalized spacial score (nSPS) is 11.2. The predicted octanol–water partition coefficient (Wildman–Crippen LogP) is 3.62. The molecule has 0 fully saturated rings. The SMILES string of the molecule is CCCCCCCc1nnc(SCC(=O)O)n1CC(C)C. The largest absolute Gasteiger partial charge is 0.481 e. The quantitative estimate of drug-likeness (QED) is 0.499. The molecule has 0 amide bonds. The Morgan fingerprint density at radius 3 is 2.57 bits per heavy atom. The number of aliphatic carboxylic acids is 1. The third kappa shape index (κ3) is 6.98. The van der Waals surface area contributed by atoms with Crippen molar-refractivity contribution in [3.63, 3.8) is 0 Å². The first kappa shape index (κ1) is 18.0. The highest BCUT2D eigenvalue weighted by atomic mass is 32.2. The maximum atomic E-state index is 10.7. The van der Waals surface area contributed by atoms with Crippen LogP contribution in [0.1, 0.15) is 58.7 Å². The number of carbonyl (C=O) groups is 1. The van der Waals surface area contributed by atoms with Gasteiger partial charge in [-0.3, -0.25) is 4.79 Å². The predicted molar refractivity (Wildman–Crippen MR) is 85.7 cm³/mol. The van der Waals surface area contributed by atoms with Crippen LogP contribution in [0.4, 0.5) is 0 Å². The van der Waals surface area contributed by atoms with Crippen molar-refractivity contribution in [2.45, 2.75) is 71.0 Å². The van der Waals surface area contributed by atoms with E-state index in [1.165, 1.54) is 37.4 Å². The van der Waals surface area contributed by atoms with Crippen molar-refractivity contribution in [1.29, 1.82) is 0 Å². The van der Waals surface area contributed by atoms with Gasteiger partial charge in [0.15, 0.2) is 5.16 Å². The maximum absolute atomic E-state index is 10.7. The van der Waals surface area contributed by atoms with Crippen LogP contribution >= 0.6 is 11.8 Å². The molecule has 0 bridgehead atoms. The molecule has 1 heterocycles. The monoisotopic (exact) mass is 313 g/mol. The molecule has 0 radical (unpaired) electrons. The Bertz CT molecular complexity index is 433. The van der Waals surface area contributed by atoms with Gasteiger partial charge in [-0.25, -0.2) is 0 Å². The third-order valence-electron chi connectivity index (χ3n) is 3.17. The van der Waals surface area contributed by atoms with Crippen LogP contribution in [0, 0.1) is 5.92 Å². The summed E-state index contributed by atoms with van der Waals surface area (Å²) >= 11 is 1.26. The summed E-state index contributed by atoms with van der Waals surface area (Å²) in [4.78, 5) is 10.7. The minimum Gasteiger partial charge on any atom is -0.481 e. The van der Waals surface area contributed by atoms with Gasteiger partial charge < -0.3 is 9.67 Å². The van der Waals surface area contributed by atoms with Crippen LogP contribution in [-0.2, 0) is 17.8 Å². The molecule has 1 N–H and O–H groups in total. The topological polar surface area (TPSA) is 68.0 Å². The van der Waals surface area contributed by atoms with Crippen molar-refractivity contribution in [2.24, 2.45) is 5.92 Å². The number of thioether (sulfide) groups is 1. The van der Waals surface area contributed by atoms with Crippen molar-refractivity contribution in [3.8, 4) is 0 Å². The molecular weight excluding hydrogens is 286 g/mol. The standard InChI is InChI=1S/C15H27N3O2S/c1-4-5-6-7-8-9-13-16-17-15(21-11-14(19)20)18(13)10-12(2)3/h12H,4-11H2,1-3H3,(H,19,20). The summed E-state index contributed by atoms with van der Waals surface area (Å²) in [5.74, 6) is 0.699. The Morgan fingerprint density at radius 2 is 1.95 bits per heavy atom. The van der Waals surface area contributed by atoms with Crippen LogP contribution in [0.3, 0.4) is 0 Å². The fourth-order valence-electron chi connectivity index (χ4n) is 2.17. The molecule has 1 rings (SSSR count). The van der Waals surface area contributed by atoms with Gasteiger partial charge in [0.05, 0.1) is 5.75 Å². The molecule has 1 aromatic rings. The number of aromatic nitrogens is 3. The van der Waals surface area contributed by atoms with Crippen LogP contribution < -0.4 is 0 Å². The van der Waals surface area contributed by atoms with Gasteiger partial charge in [-0.1, -0.05) is 58.2 Å². The molecule has 0 unspecified atom stereocenters. The Hall–Kier alpha value is -1.04. The molecule has 0 saturated carbocycles. The zero-order valence-electron chi connectivity index (χ0n) is 13.3. The first-order chi connectivity index (χ1) is 10.0. The van der Waals surface area contributed by atoms with E-state index in [4.69, 9.17) is 5.11 Å². The van der Waals surface area contributed by atoms with Gasteiger partial charge in [-0.05, 0) is 12.3 Å². The molecule has 1 aromatic heterocycles. The molecule has 0 aliphatic heterocycles. The van der Waals surface area contributed by atoms with Crippen LogP contribution in [-0.4, -0.2) is 31.6 Å². The molecule has 6 heteroatoms. The van der Waals surface area contributed by atoms with Crippen molar-refractivity contribution in [2.75, 3.05) is 5.75 Å². The van der Waals surface area contributed by atoms with E-state index in [1.54, 1.807) is 0 Å². The van der Waals surface area contributed by atoms with E-state index < -0.39 is 5.97 Å². The minimum absolute atomic E-state index is 0.0345. The average molecular weight is 313 g/mol. The molecule has 0 spiro atoms. The van der Waals surface area contributed by atoms with Gasteiger partial charge in [-0.15, -0.1) is 10.2 Å². The Balaban J connectivity index is 2.62. The molecule has 0 saturated heterocycles. The molecule has 21 heavy (non-hydrogen) atoms. The van der Waals surface area contributed by atoms with Crippen LogP contribution in [0.5, 0.6) is 0 Å². The highest BCUT2D eigenvalue weighted by Gasteiger charge is 2.14. The number of nitrogens with zero attached hydrogens (tertiary/aromatic N) is 3. The van der Waals surface area contributed by atoms with Crippen molar-refractivity contribution in [1.82, 2.24) is 14.8 Å². The van der Waals surface area contributed by atoms with E-state index in [-0.39, 0.29) is 5.75 Å². The van der Waals surface area contributed by atoms with E-state index >= 15 is 0 Å². The number of carboxylic acid groups (broad SMARTS) is 1. The second kappa shape index (κ2) is 9.82. The van der Waals surface area contributed by atoms with Gasteiger partial charge in [0, 0.05) is 13.0 Å². The van der Waals surface area contributed by atoms with E-state index in [1.807, 2.05) is 0 Å². The van der Waals surface area contributed by atoms with E-state index in [9.17, 15) is 4.79 Å². The van der Waals surface area contributed by atoms with Crippen LogP contribution in [0.25, 0.3) is 0 Å². The lowest BCUT2D eigenvalue weighted by molar-refractivity contribution is -0.133. The molecule has 0 aliphatic rings. The summed E-state index contributed by atoms with van der Waals surface area (Å²) in [7, 11) is 0. The lowest BCUT2D eigenvalue weighted by Crippen LogP contribution is -2.11. The third-order valence-corrected chi connectivity index (χ3v) is 4.12. The zero-order chi connectivity index (χ0) is 15.7. The number of aryl methyl sites for hydroxylation is 1. The minimum atomic E-state index is -0.819. The molecule has 5 nitrogen and oxygen atoms in total. The molecule has 0 atom stereocenters. The summed E-state index contributed by atoms with van der Waals surface area (Å²) < 4.78 is 2.10. The first-order valence-corrected chi connectivity index (χ1v) is 8.79. The molecule has 0 aliphatic carbocycles. The lowest BCUT2D eigenvalue weighted by Gasteiger charge is -2.12. The van der Waals surface area contributed by atoms with E-state index in [0.717, 1.165) is 30.4 Å². The van der Waals surface area contributed by atoms with Crippen LogP contribution in [0.2, 0.25) is 0 Å². The van der Waals surface area contributed by atoms with Gasteiger partial charge in [-0.2, -0.15) is 0 Å². The van der Waals surface area contributed by atoms with Gasteiger partial charge in [0.2, 0.25) is 0 Å². The second-order valence-electron chi connectivity index (χ2n) is 5.75. The number of unbranched alkanes of at least 4 members (excludes halogenated alkanes) is 4.